The van der Waals surface area contributed by atoms with E-state index < -0.39 is 12.8 Å². The molecule has 17 heavy (non-hydrogen) atoms. The van der Waals surface area contributed by atoms with Crippen molar-refractivity contribution in [3.8, 4) is 0 Å². The number of esters is 1. The second kappa shape index (κ2) is 9.23. The van der Waals surface area contributed by atoms with Gasteiger partial charge in [0.1, 0.15) is 6.61 Å². The van der Waals surface area contributed by atoms with Crippen molar-refractivity contribution >= 4 is 5.97 Å². The molecule has 0 saturated heterocycles. The monoisotopic (exact) mass is 257 g/mol. The van der Waals surface area contributed by atoms with E-state index in [9.17, 15) is 18.0 Å². The quantitative estimate of drug-likeness (QED) is 0.502. The molecule has 0 amide bonds. The van der Waals surface area contributed by atoms with Crippen molar-refractivity contribution in [1.82, 2.24) is 5.32 Å². The summed E-state index contributed by atoms with van der Waals surface area (Å²) >= 11 is 0. The number of rotatable bonds is 9. The molecule has 0 aliphatic heterocycles. The van der Waals surface area contributed by atoms with Gasteiger partial charge in [0.05, 0.1) is 13.2 Å². The number of carbonyl (C=O) groups excluding carboxylic acids is 1. The highest BCUT2D eigenvalue weighted by Crippen LogP contribution is 2.13. The third kappa shape index (κ3) is 13.1. The Hall–Kier alpha value is -0.820. The van der Waals surface area contributed by atoms with Crippen molar-refractivity contribution in [2.45, 2.75) is 25.9 Å². The molecule has 0 atom stereocenters. The second-order valence-corrected chi connectivity index (χ2v) is 3.33. The van der Waals surface area contributed by atoms with Crippen LogP contribution in [-0.4, -0.2) is 45.1 Å². The van der Waals surface area contributed by atoms with Gasteiger partial charge in [-0.15, -0.1) is 0 Å². The van der Waals surface area contributed by atoms with Gasteiger partial charge in [-0.2, -0.15) is 13.2 Å². The fraction of sp³-hybridized carbons (Fsp3) is 0.900. The van der Waals surface area contributed by atoms with E-state index in [1.54, 1.807) is 6.92 Å². The normalized spacial score (nSPS) is 11.5. The van der Waals surface area contributed by atoms with Crippen LogP contribution in [0.15, 0.2) is 0 Å². The van der Waals surface area contributed by atoms with Crippen LogP contribution in [0.2, 0.25) is 0 Å². The fourth-order valence-electron chi connectivity index (χ4n) is 1.05. The van der Waals surface area contributed by atoms with Gasteiger partial charge in [0.2, 0.25) is 0 Å². The van der Waals surface area contributed by atoms with E-state index in [1.807, 2.05) is 0 Å². The van der Waals surface area contributed by atoms with Crippen LogP contribution < -0.4 is 5.32 Å². The highest BCUT2D eigenvalue weighted by Gasteiger charge is 2.27. The largest absolute Gasteiger partial charge is 0.466 e. The molecule has 0 fully saturated rings. The van der Waals surface area contributed by atoms with Gasteiger partial charge in [-0.3, -0.25) is 4.79 Å². The topological polar surface area (TPSA) is 47.6 Å². The van der Waals surface area contributed by atoms with Crippen molar-refractivity contribution in [3.05, 3.63) is 0 Å². The molecule has 0 saturated carbocycles. The van der Waals surface area contributed by atoms with Crippen LogP contribution in [0, 0.1) is 0 Å². The zero-order chi connectivity index (χ0) is 13.1. The highest BCUT2D eigenvalue weighted by atomic mass is 19.4. The lowest BCUT2D eigenvalue weighted by Gasteiger charge is -2.08. The summed E-state index contributed by atoms with van der Waals surface area (Å²) in [6, 6.07) is 0. The van der Waals surface area contributed by atoms with E-state index in [-0.39, 0.29) is 12.6 Å². The predicted octanol–water partition coefficient (Wildman–Crippen LogP) is 1.50. The maximum Gasteiger partial charge on any atom is 0.411 e. The number of ether oxygens (including phenoxy) is 2. The Morgan fingerprint density at radius 2 is 2.00 bits per heavy atom. The molecule has 1 N–H and O–H groups in total. The summed E-state index contributed by atoms with van der Waals surface area (Å²) in [5.41, 5.74) is 0. The molecule has 0 aliphatic rings. The summed E-state index contributed by atoms with van der Waals surface area (Å²) in [6.07, 6.45) is -3.37. The first-order valence-electron chi connectivity index (χ1n) is 5.46. The van der Waals surface area contributed by atoms with Gasteiger partial charge in [0.25, 0.3) is 0 Å². The smallest absolute Gasteiger partial charge is 0.411 e. The summed E-state index contributed by atoms with van der Waals surface area (Å²) in [4.78, 5) is 10.9. The predicted molar refractivity (Wildman–Crippen MR) is 55.6 cm³/mol. The van der Waals surface area contributed by atoms with Gasteiger partial charge in [0.15, 0.2) is 0 Å². The van der Waals surface area contributed by atoms with E-state index in [0.29, 0.717) is 32.5 Å². The molecule has 4 nitrogen and oxygen atoms in total. The van der Waals surface area contributed by atoms with Crippen LogP contribution in [0.3, 0.4) is 0 Å². The zero-order valence-corrected chi connectivity index (χ0v) is 9.81. The molecule has 0 bridgehead atoms. The van der Waals surface area contributed by atoms with Crippen molar-refractivity contribution in [1.29, 1.82) is 0 Å². The van der Waals surface area contributed by atoms with Crippen LogP contribution in [-0.2, 0) is 14.3 Å². The molecular weight excluding hydrogens is 239 g/mol. The van der Waals surface area contributed by atoms with E-state index in [1.165, 1.54) is 0 Å². The SMILES string of the molecule is CCOC(=O)CCCNCCOCC(F)(F)F. The number of nitrogens with one attached hydrogen (secondary N) is 1. The minimum Gasteiger partial charge on any atom is -0.466 e. The minimum absolute atomic E-state index is 0.00107. The number of alkyl halides is 3. The zero-order valence-electron chi connectivity index (χ0n) is 9.81. The maximum absolute atomic E-state index is 11.7. The Morgan fingerprint density at radius 1 is 1.29 bits per heavy atom. The van der Waals surface area contributed by atoms with Gasteiger partial charge >= 0.3 is 12.1 Å². The minimum atomic E-state index is -4.27. The lowest BCUT2D eigenvalue weighted by Crippen LogP contribution is -2.24. The van der Waals surface area contributed by atoms with Crippen molar-refractivity contribution in [2.75, 3.05) is 32.9 Å². The van der Waals surface area contributed by atoms with Crippen LogP contribution in [0.4, 0.5) is 13.2 Å². The third-order valence-corrected chi connectivity index (χ3v) is 1.73. The molecule has 102 valence electrons. The molecule has 0 unspecified atom stereocenters. The summed E-state index contributed by atoms with van der Waals surface area (Å²) in [5, 5.41) is 2.87. The molecule has 0 rings (SSSR count). The average Bonchev–Trinajstić information content (AvgIpc) is 2.21. The molecule has 0 aromatic rings. The summed E-state index contributed by atoms with van der Waals surface area (Å²) in [6.45, 7) is 1.75. The fourth-order valence-corrected chi connectivity index (χ4v) is 1.05. The first kappa shape index (κ1) is 16.2. The number of hydrogen-bond donors (Lipinski definition) is 1. The van der Waals surface area contributed by atoms with Crippen LogP contribution in [0.5, 0.6) is 0 Å². The summed E-state index contributed by atoms with van der Waals surface area (Å²) < 4.78 is 44.0. The molecule has 0 aromatic heterocycles. The first-order valence-corrected chi connectivity index (χ1v) is 5.46. The van der Waals surface area contributed by atoms with E-state index in [4.69, 9.17) is 4.74 Å². The molecular formula is C10H18F3NO3. The second-order valence-electron chi connectivity index (χ2n) is 3.33. The molecule has 0 radical (unpaired) electrons. The Bertz CT molecular complexity index is 209. The molecule has 0 heterocycles. The van der Waals surface area contributed by atoms with Crippen molar-refractivity contribution < 1.29 is 27.4 Å². The van der Waals surface area contributed by atoms with Gasteiger partial charge in [0, 0.05) is 13.0 Å². The standard InChI is InChI=1S/C10H18F3NO3/c1-2-17-9(15)4-3-5-14-6-7-16-8-10(11,12)13/h14H,2-8H2,1H3. The van der Waals surface area contributed by atoms with Crippen LogP contribution in [0.1, 0.15) is 19.8 Å². The van der Waals surface area contributed by atoms with Gasteiger partial charge in [-0.1, -0.05) is 0 Å². The Labute approximate surface area is 98.5 Å². The lowest BCUT2D eigenvalue weighted by molar-refractivity contribution is -0.173. The molecule has 7 heteroatoms. The molecule has 0 spiro atoms. The van der Waals surface area contributed by atoms with Gasteiger partial charge < -0.3 is 14.8 Å². The van der Waals surface area contributed by atoms with Gasteiger partial charge in [-0.05, 0) is 19.9 Å². The van der Waals surface area contributed by atoms with Crippen LogP contribution in [0.25, 0.3) is 0 Å². The number of halogens is 3. The summed E-state index contributed by atoms with van der Waals surface area (Å²) in [5.74, 6) is -0.261. The van der Waals surface area contributed by atoms with Crippen LogP contribution >= 0.6 is 0 Å². The number of hydrogen-bond acceptors (Lipinski definition) is 4. The van der Waals surface area contributed by atoms with Crippen molar-refractivity contribution in [3.63, 3.8) is 0 Å². The van der Waals surface area contributed by atoms with Crippen molar-refractivity contribution in [2.24, 2.45) is 0 Å². The molecule has 0 aromatic carbocycles. The Balaban J connectivity index is 3.16. The van der Waals surface area contributed by atoms with Gasteiger partial charge in [-0.25, -0.2) is 0 Å². The first-order chi connectivity index (χ1) is 7.95. The summed E-state index contributed by atoms with van der Waals surface area (Å²) in [7, 11) is 0. The van der Waals surface area contributed by atoms with E-state index >= 15 is 0 Å². The van der Waals surface area contributed by atoms with E-state index in [2.05, 4.69) is 10.1 Å². The maximum atomic E-state index is 11.7. The third-order valence-electron chi connectivity index (χ3n) is 1.73. The van der Waals surface area contributed by atoms with E-state index in [0.717, 1.165) is 0 Å². The highest BCUT2D eigenvalue weighted by molar-refractivity contribution is 5.69. The lowest BCUT2D eigenvalue weighted by atomic mass is 10.3. The average molecular weight is 257 g/mol. The Morgan fingerprint density at radius 3 is 2.59 bits per heavy atom. The Kier molecular flexibility index (Phi) is 8.79. The number of carbonyl (C=O) groups is 1. The molecule has 0 aliphatic carbocycles.